The van der Waals surface area contributed by atoms with Gasteiger partial charge in [0.15, 0.2) is 5.76 Å². The van der Waals surface area contributed by atoms with E-state index < -0.39 is 6.10 Å². The highest BCUT2D eigenvalue weighted by atomic mass is 35.5. The standard InChI is InChI=1S/C26H28ClNO4/c1-16-22-20(31-24(16)25(30)28-14-11-17-5-7-18(27)8-6-17)9-10-21-23(22)19(29)15-26(32-21)12-3-2-4-13-26/h5-10,19,29H,2-4,11-15H2,1H3,(H,28,30)/t19-/m1/s1. The average molecular weight is 454 g/mol. The molecule has 168 valence electrons. The summed E-state index contributed by atoms with van der Waals surface area (Å²) < 4.78 is 12.4. The Balaban J connectivity index is 1.37. The fourth-order valence-electron chi connectivity index (χ4n) is 5.27. The number of benzene rings is 2. The number of rotatable bonds is 4. The lowest BCUT2D eigenvalue weighted by molar-refractivity contribution is -0.0373. The van der Waals surface area contributed by atoms with Crippen LogP contribution in [0.15, 0.2) is 40.8 Å². The van der Waals surface area contributed by atoms with Crippen molar-refractivity contribution in [2.45, 2.75) is 63.6 Å². The molecule has 5 nitrogen and oxygen atoms in total. The molecule has 2 N–H and O–H groups in total. The van der Waals surface area contributed by atoms with Crippen molar-refractivity contribution in [3.05, 3.63) is 63.9 Å². The lowest BCUT2D eigenvalue weighted by Crippen LogP contribution is -2.42. The molecule has 2 aliphatic rings. The molecule has 0 saturated heterocycles. The normalized spacial score (nSPS) is 19.5. The van der Waals surface area contributed by atoms with Gasteiger partial charge in [-0.25, -0.2) is 0 Å². The summed E-state index contributed by atoms with van der Waals surface area (Å²) >= 11 is 5.93. The quantitative estimate of drug-likeness (QED) is 0.517. The molecule has 1 amide bonds. The number of nitrogens with one attached hydrogen (secondary N) is 1. The van der Waals surface area contributed by atoms with E-state index in [-0.39, 0.29) is 17.3 Å². The first-order chi connectivity index (χ1) is 15.5. The van der Waals surface area contributed by atoms with E-state index in [4.69, 9.17) is 20.8 Å². The minimum Gasteiger partial charge on any atom is -0.487 e. The monoisotopic (exact) mass is 453 g/mol. The predicted octanol–water partition coefficient (Wildman–Crippen LogP) is 5.89. The van der Waals surface area contributed by atoms with Gasteiger partial charge in [-0.15, -0.1) is 0 Å². The Kier molecular flexibility index (Phi) is 5.64. The summed E-state index contributed by atoms with van der Waals surface area (Å²) in [5.74, 6) is 0.753. The van der Waals surface area contributed by atoms with Crippen LogP contribution in [0.4, 0.5) is 0 Å². The Morgan fingerprint density at radius 3 is 2.66 bits per heavy atom. The van der Waals surface area contributed by atoms with Crippen molar-refractivity contribution in [3.8, 4) is 5.75 Å². The number of amides is 1. The van der Waals surface area contributed by atoms with Gasteiger partial charge < -0.3 is 19.6 Å². The Morgan fingerprint density at radius 1 is 1.16 bits per heavy atom. The van der Waals surface area contributed by atoms with Crippen LogP contribution in [0.5, 0.6) is 5.75 Å². The van der Waals surface area contributed by atoms with E-state index in [1.807, 2.05) is 43.3 Å². The maximum Gasteiger partial charge on any atom is 0.287 e. The first kappa shape index (κ1) is 21.4. The number of fused-ring (bicyclic) bond motifs is 3. The third-order valence-electron chi connectivity index (χ3n) is 6.90. The maximum atomic E-state index is 12.9. The molecule has 0 unspecified atom stereocenters. The van der Waals surface area contributed by atoms with E-state index in [1.54, 1.807) is 0 Å². The molecule has 2 heterocycles. The summed E-state index contributed by atoms with van der Waals surface area (Å²) in [6, 6.07) is 11.3. The lowest BCUT2D eigenvalue weighted by atomic mass is 9.77. The summed E-state index contributed by atoms with van der Waals surface area (Å²) in [5, 5.41) is 15.5. The second-order valence-electron chi connectivity index (χ2n) is 9.10. The number of hydrogen-bond donors (Lipinski definition) is 2. The van der Waals surface area contributed by atoms with Gasteiger partial charge in [-0.05, 0) is 68.9 Å². The average Bonchev–Trinajstić information content (AvgIpc) is 3.12. The molecule has 1 atom stereocenters. The van der Waals surface area contributed by atoms with Crippen LogP contribution < -0.4 is 10.1 Å². The zero-order valence-electron chi connectivity index (χ0n) is 18.2. The van der Waals surface area contributed by atoms with E-state index in [2.05, 4.69) is 5.32 Å². The Bertz CT molecular complexity index is 1140. The fraction of sp³-hybridized carbons (Fsp3) is 0.423. The highest BCUT2D eigenvalue weighted by Gasteiger charge is 2.42. The number of ether oxygens (including phenoxy) is 1. The van der Waals surface area contributed by atoms with Gasteiger partial charge in [0, 0.05) is 34.5 Å². The van der Waals surface area contributed by atoms with Crippen molar-refractivity contribution in [2.75, 3.05) is 6.54 Å². The number of aliphatic hydroxyl groups excluding tert-OH is 1. The summed E-state index contributed by atoms with van der Waals surface area (Å²) in [6.45, 7) is 2.36. The van der Waals surface area contributed by atoms with Crippen LogP contribution in [0, 0.1) is 6.92 Å². The molecular weight excluding hydrogens is 426 g/mol. The number of aryl methyl sites for hydroxylation is 1. The van der Waals surface area contributed by atoms with Crippen LogP contribution in [0.3, 0.4) is 0 Å². The van der Waals surface area contributed by atoms with E-state index in [0.29, 0.717) is 30.0 Å². The Labute approximate surface area is 192 Å². The minimum atomic E-state index is -0.627. The number of carbonyl (C=O) groups excluding carboxylic acids is 1. The molecule has 1 aliphatic heterocycles. The number of aliphatic hydroxyl groups is 1. The van der Waals surface area contributed by atoms with Gasteiger partial charge in [-0.2, -0.15) is 0 Å². The van der Waals surface area contributed by atoms with E-state index in [1.165, 1.54) is 6.42 Å². The Morgan fingerprint density at radius 2 is 1.91 bits per heavy atom. The van der Waals surface area contributed by atoms with Crippen molar-refractivity contribution < 1.29 is 19.1 Å². The van der Waals surface area contributed by atoms with Gasteiger partial charge in [0.05, 0.1) is 6.10 Å². The highest BCUT2D eigenvalue weighted by Crippen LogP contribution is 2.49. The maximum absolute atomic E-state index is 12.9. The predicted molar refractivity (Wildman–Crippen MR) is 124 cm³/mol. The summed E-state index contributed by atoms with van der Waals surface area (Å²) in [7, 11) is 0. The summed E-state index contributed by atoms with van der Waals surface area (Å²) in [6.07, 6.45) is 6.12. The third-order valence-corrected chi connectivity index (χ3v) is 7.16. The third kappa shape index (κ3) is 3.89. The van der Waals surface area contributed by atoms with Gasteiger partial charge >= 0.3 is 0 Å². The van der Waals surface area contributed by atoms with Crippen LogP contribution in [0.1, 0.15) is 71.9 Å². The van der Waals surface area contributed by atoms with Gasteiger partial charge in [0.1, 0.15) is 16.9 Å². The van der Waals surface area contributed by atoms with E-state index in [9.17, 15) is 9.90 Å². The summed E-state index contributed by atoms with van der Waals surface area (Å²) in [4.78, 5) is 12.9. The first-order valence-corrected chi connectivity index (χ1v) is 11.8. The van der Waals surface area contributed by atoms with Gasteiger partial charge in [0.25, 0.3) is 5.91 Å². The zero-order valence-corrected chi connectivity index (χ0v) is 19.0. The lowest BCUT2D eigenvalue weighted by Gasteiger charge is -2.43. The van der Waals surface area contributed by atoms with E-state index in [0.717, 1.165) is 53.5 Å². The molecular formula is C26H28ClNO4. The van der Waals surface area contributed by atoms with Gasteiger partial charge in [0.2, 0.25) is 0 Å². The van der Waals surface area contributed by atoms with Crippen LogP contribution in [-0.4, -0.2) is 23.2 Å². The second kappa shape index (κ2) is 8.45. The van der Waals surface area contributed by atoms with Crippen molar-refractivity contribution in [1.82, 2.24) is 5.32 Å². The molecule has 2 aromatic carbocycles. The van der Waals surface area contributed by atoms with Crippen LogP contribution >= 0.6 is 11.6 Å². The molecule has 1 fully saturated rings. The molecule has 1 aliphatic carbocycles. The van der Waals surface area contributed by atoms with Gasteiger partial charge in [-0.3, -0.25) is 4.79 Å². The molecule has 0 radical (unpaired) electrons. The number of furan rings is 1. The highest BCUT2D eigenvalue weighted by molar-refractivity contribution is 6.30. The minimum absolute atomic E-state index is 0.253. The molecule has 5 rings (SSSR count). The van der Waals surface area contributed by atoms with Crippen molar-refractivity contribution in [3.63, 3.8) is 0 Å². The number of hydrogen-bond acceptors (Lipinski definition) is 4. The van der Waals surface area contributed by atoms with Gasteiger partial charge in [-0.1, -0.05) is 30.2 Å². The molecule has 32 heavy (non-hydrogen) atoms. The molecule has 3 aromatic rings. The second-order valence-corrected chi connectivity index (χ2v) is 9.54. The van der Waals surface area contributed by atoms with Crippen molar-refractivity contribution in [1.29, 1.82) is 0 Å². The van der Waals surface area contributed by atoms with Crippen LogP contribution in [0.2, 0.25) is 5.02 Å². The van der Waals surface area contributed by atoms with E-state index >= 15 is 0 Å². The topological polar surface area (TPSA) is 71.7 Å². The molecule has 1 saturated carbocycles. The van der Waals surface area contributed by atoms with Crippen LogP contribution in [-0.2, 0) is 6.42 Å². The van der Waals surface area contributed by atoms with Crippen molar-refractivity contribution >= 4 is 28.5 Å². The summed E-state index contributed by atoms with van der Waals surface area (Å²) in [5.41, 5.74) is 2.93. The zero-order chi connectivity index (χ0) is 22.3. The molecule has 6 heteroatoms. The Hall–Kier alpha value is -2.50. The number of carbonyl (C=O) groups is 1. The SMILES string of the molecule is Cc1c(C(=O)NCCc2ccc(Cl)cc2)oc2ccc3c(c12)[C@H](O)CC1(CCCCC1)O3. The molecule has 0 bridgehead atoms. The van der Waals surface area contributed by atoms with Crippen LogP contribution in [0.25, 0.3) is 11.0 Å². The first-order valence-electron chi connectivity index (χ1n) is 11.4. The molecule has 1 aromatic heterocycles. The molecule has 1 spiro atoms. The number of halogens is 1. The fourth-order valence-corrected chi connectivity index (χ4v) is 5.40. The van der Waals surface area contributed by atoms with Crippen molar-refractivity contribution in [2.24, 2.45) is 0 Å². The smallest absolute Gasteiger partial charge is 0.287 e. The largest absolute Gasteiger partial charge is 0.487 e.